The molecule has 0 bridgehead atoms. The second-order valence-corrected chi connectivity index (χ2v) is 4.78. The molecule has 114 valence electrons. The number of nitrogens with zero attached hydrogens (tertiary/aromatic N) is 3. The molecule has 3 rings (SSSR count). The first kappa shape index (κ1) is 14.5. The Morgan fingerprint density at radius 1 is 0.913 bits per heavy atom. The number of non-ortho nitro benzene ring substituents is 1. The third-order valence-electron chi connectivity index (χ3n) is 3.31. The fourth-order valence-electron chi connectivity index (χ4n) is 2.14. The molecule has 0 saturated carbocycles. The van der Waals surface area contributed by atoms with Gasteiger partial charge >= 0.3 is 0 Å². The van der Waals surface area contributed by atoms with Crippen LogP contribution in [0.5, 0.6) is 11.5 Å². The molecular weight excluding hydrogens is 298 g/mol. The van der Waals surface area contributed by atoms with Crippen molar-refractivity contribution in [3.63, 3.8) is 0 Å². The Labute approximate surface area is 130 Å². The van der Waals surface area contributed by atoms with E-state index >= 15 is 0 Å². The molecular formula is C16H11N3O4. The molecule has 0 atom stereocenters. The molecule has 2 N–H and O–H groups in total. The summed E-state index contributed by atoms with van der Waals surface area (Å²) in [5.74, 6) is -0.378. The van der Waals surface area contributed by atoms with Gasteiger partial charge < -0.3 is 10.2 Å². The van der Waals surface area contributed by atoms with Crippen LogP contribution in [0.4, 0.5) is 17.1 Å². The van der Waals surface area contributed by atoms with Gasteiger partial charge in [0.1, 0.15) is 17.1 Å². The Morgan fingerprint density at radius 2 is 1.61 bits per heavy atom. The SMILES string of the molecule is O=[N+]([O-])c1ccc(N=Nc2ccc3ccccc3c2O)c(O)c1. The summed E-state index contributed by atoms with van der Waals surface area (Å²) in [6.07, 6.45) is 0. The first-order valence-electron chi connectivity index (χ1n) is 6.66. The number of rotatable bonds is 3. The molecule has 0 radical (unpaired) electrons. The molecule has 7 heteroatoms. The van der Waals surface area contributed by atoms with Crippen LogP contribution in [0.2, 0.25) is 0 Å². The molecule has 0 aliphatic rings. The second kappa shape index (κ2) is 5.72. The summed E-state index contributed by atoms with van der Waals surface area (Å²) in [6.45, 7) is 0. The minimum absolute atomic E-state index is 0.0201. The standard InChI is InChI=1S/C16H11N3O4/c20-15-9-11(19(22)23)6-8-13(15)17-18-14-7-5-10-3-1-2-4-12(10)16(14)21/h1-9,20-21H. The Balaban J connectivity index is 1.97. The maximum Gasteiger partial charge on any atom is 0.273 e. The van der Waals surface area contributed by atoms with Gasteiger partial charge in [0.2, 0.25) is 0 Å². The number of phenolic OH excluding ortho intramolecular Hbond substituents is 2. The molecule has 0 fully saturated rings. The van der Waals surface area contributed by atoms with Crippen molar-refractivity contribution in [3.05, 3.63) is 64.7 Å². The smallest absolute Gasteiger partial charge is 0.273 e. The zero-order valence-corrected chi connectivity index (χ0v) is 11.7. The van der Waals surface area contributed by atoms with E-state index in [-0.39, 0.29) is 28.6 Å². The monoisotopic (exact) mass is 309 g/mol. The second-order valence-electron chi connectivity index (χ2n) is 4.78. The van der Waals surface area contributed by atoms with Crippen LogP contribution in [0.3, 0.4) is 0 Å². The lowest BCUT2D eigenvalue weighted by Gasteiger charge is -2.03. The van der Waals surface area contributed by atoms with Crippen molar-refractivity contribution in [2.75, 3.05) is 0 Å². The lowest BCUT2D eigenvalue weighted by molar-refractivity contribution is -0.384. The summed E-state index contributed by atoms with van der Waals surface area (Å²) >= 11 is 0. The van der Waals surface area contributed by atoms with E-state index in [4.69, 9.17) is 0 Å². The van der Waals surface area contributed by atoms with Gasteiger partial charge in [-0.2, -0.15) is 0 Å². The molecule has 0 saturated heterocycles. The van der Waals surface area contributed by atoms with Crippen molar-refractivity contribution in [1.82, 2.24) is 0 Å². The Hall–Kier alpha value is -3.48. The predicted molar refractivity (Wildman–Crippen MR) is 84.6 cm³/mol. The molecule has 23 heavy (non-hydrogen) atoms. The molecule has 7 nitrogen and oxygen atoms in total. The largest absolute Gasteiger partial charge is 0.505 e. The highest BCUT2D eigenvalue weighted by molar-refractivity contribution is 5.92. The van der Waals surface area contributed by atoms with E-state index in [9.17, 15) is 20.3 Å². The normalized spacial score (nSPS) is 11.1. The fourth-order valence-corrected chi connectivity index (χ4v) is 2.14. The van der Waals surface area contributed by atoms with E-state index in [1.807, 2.05) is 12.1 Å². The number of phenols is 2. The van der Waals surface area contributed by atoms with Crippen LogP contribution in [0.25, 0.3) is 10.8 Å². The third-order valence-corrected chi connectivity index (χ3v) is 3.31. The maximum absolute atomic E-state index is 10.6. The van der Waals surface area contributed by atoms with Crippen LogP contribution >= 0.6 is 0 Å². The van der Waals surface area contributed by atoms with Gasteiger partial charge in [-0.15, -0.1) is 10.2 Å². The Kier molecular flexibility index (Phi) is 3.60. The number of nitro groups is 1. The van der Waals surface area contributed by atoms with Crippen LogP contribution < -0.4 is 0 Å². The molecule has 0 spiro atoms. The average Bonchev–Trinajstić information content (AvgIpc) is 2.55. The van der Waals surface area contributed by atoms with E-state index in [0.29, 0.717) is 5.39 Å². The summed E-state index contributed by atoms with van der Waals surface area (Å²) < 4.78 is 0. The van der Waals surface area contributed by atoms with Crippen molar-refractivity contribution in [2.24, 2.45) is 10.2 Å². The fraction of sp³-hybridized carbons (Fsp3) is 0. The van der Waals surface area contributed by atoms with Crippen molar-refractivity contribution in [3.8, 4) is 11.5 Å². The van der Waals surface area contributed by atoms with Gasteiger partial charge in [-0.05, 0) is 17.5 Å². The topological polar surface area (TPSA) is 108 Å². The zero-order valence-electron chi connectivity index (χ0n) is 11.7. The summed E-state index contributed by atoms with van der Waals surface area (Å²) in [6, 6.07) is 14.2. The summed E-state index contributed by atoms with van der Waals surface area (Å²) in [4.78, 5) is 10.0. The number of fused-ring (bicyclic) bond motifs is 1. The van der Waals surface area contributed by atoms with E-state index in [2.05, 4.69) is 10.2 Å². The quantitative estimate of drug-likeness (QED) is 0.419. The van der Waals surface area contributed by atoms with E-state index in [1.165, 1.54) is 12.1 Å². The Morgan fingerprint density at radius 3 is 2.35 bits per heavy atom. The van der Waals surface area contributed by atoms with Gasteiger partial charge in [0, 0.05) is 11.5 Å². The third kappa shape index (κ3) is 2.80. The molecule has 0 amide bonds. The van der Waals surface area contributed by atoms with Crippen LogP contribution in [0, 0.1) is 10.1 Å². The summed E-state index contributed by atoms with van der Waals surface area (Å²) in [5, 5.41) is 39.8. The number of benzene rings is 3. The number of aromatic hydroxyl groups is 2. The number of hydrogen-bond donors (Lipinski definition) is 2. The van der Waals surface area contributed by atoms with Crippen LogP contribution in [0.1, 0.15) is 0 Å². The predicted octanol–water partition coefficient (Wildman–Crippen LogP) is 4.57. The lowest BCUT2D eigenvalue weighted by Crippen LogP contribution is -1.86. The maximum atomic E-state index is 10.6. The summed E-state index contributed by atoms with van der Waals surface area (Å²) in [7, 11) is 0. The highest BCUT2D eigenvalue weighted by atomic mass is 16.6. The Bertz CT molecular complexity index is 938. The van der Waals surface area contributed by atoms with E-state index in [1.54, 1.807) is 24.3 Å². The van der Waals surface area contributed by atoms with Gasteiger partial charge in [0.25, 0.3) is 5.69 Å². The lowest BCUT2D eigenvalue weighted by atomic mass is 10.1. The highest BCUT2D eigenvalue weighted by Gasteiger charge is 2.10. The van der Waals surface area contributed by atoms with Crippen LogP contribution in [-0.4, -0.2) is 15.1 Å². The first-order chi connectivity index (χ1) is 11.1. The molecule has 0 aliphatic carbocycles. The van der Waals surface area contributed by atoms with Gasteiger partial charge in [0.05, 0.1) is 11.0 Å². The number of hydrogen-bond acceptors (Lipinski definition) is 6. The molecule has 0 aliphatic heterocycles. The molecule has 3 aromatic carbocycles. The minimum atomic E-state index is -0.615. The molecule has 0 unspecified atom stereocenters. The van der Waals surface area contributed by atoms with Crippen molar-refractivity contribution >= 4 is 27.8 Å². The van der Waals surface area contributed by atoms with Crippen LogP contribution in [0.15, 0.2) is 64.8 Å². The molecule has 3 aromatic rings. The van der Waals surface area contributed by atoms with Gasteiger partial charge in [0.15, 0.2) is 5.75 Å². The van der Waals surface area contributed by atoms with E-state index in [0.717, 1.165) is 11.5 Å². The zero-order chi connectivity index (χ0) is 16.4. The van der Waals surface area contributed by atoms with Gasteiger partial charge in [-0.1, -0.05) is 30.3 Å². The van der Waals surface area contributed by atoms with Crippen molar-refractivity contribution in [1.29, 1.82) is 0 Å². The number of azo groups is 1. The highest BCUT2D eigenvalue weighted by Crippen LogP contribution is 2.37. The van der Waals surface area contributed by atoms with Gasteiger partial charge in [-0.25, -0.2) is 0 Å². The summed E-state index contributed by atoms with van der Waals surface area (Å²) in [5.41, 5.74) is 0.0691. The van der Waals surface area contributed by atoms with Crippen LogP contribution in [-0.2, 0) is 0 Å². The van der Waals surface area contributed by atoms with Crippen molar-refractivity contribution in [2.45, 2.75) is 0 Å². The minimum Gasteiger partial charge on any atom is -0.505 e. The molecule has 0 aromatic heterocycles. The molecule has 0 heterocycles. The number of nitro benzene ring substituents is 1. The average molecular weight is 309 g/mol. The van der Waals surface area contributed by atoms with Crippen molar-refractivity contribution < 1.29 is 15.1 Å². The van der Waals surface area contributed by atoms with E-state index < -0.39 is 4.92 Å². The van der Waals surface area contributed by atoms with Gasteiger partial charge in [-0.3, -0.25) is 10.1 Å². The first-order valence-corrected chi connectivity index (χ1v) is 6.66.